The Morgan fingerprint density at radius 2 is 2.27 bits per heavy atom. The second-order valence-electron chi connectivity index (χ2n) is 2.98. The Bertz CT molecular complexity index is 213. The van der Waals surface area contributed by atoms with Crippen LogP contribution >= 0.6 is 0 Å². The molecule has 0 spiro atoms. The number of hydrogen-bond donors (Lipinski definition) is 0. The van der Waals surface area contributed by atoms with Crippen molar-refractivity contribution in [2.75, 3.05) is 0 Å². The average molecular weight is 147 g/mol. The van der Waals surface area contributed by atoms with Gasteiger partial charge in [-0.3, -0.25) is 0 Å². The molecule has 1 rings (SSSR count). The standard InChI is InChI=1S/C11H15/c1-3-4-7-11-8-5-6-10(2)9-11/h5,8-9H,3-4,7H2,1-2H3. The summed E-state index contributed by atoms with van der Waals surface area (Å²) in [7, 11) is 0. The van der Waals surface area contributed by atoms with Gasteiger partial charge in [-0.2, -0.15) is 0 Å². The minimum Gasteiger partial charge on any atom is -0.0654 e. The van der Waals surface area contributed by atoms with E-state index in [1.54, 1.807) is 0 Å². The number of aryl methyl sites for hydroxylation is 2. The normalized spacial score (nSPS) is 10.0. The molecule has 59 valence electrons. The lowest BCUT2D eigenvalue weighted by molar-refractivity contribution is 0.794. The second-order valence-corrected chi connectivity index (χ2v) is 2.98. The van der Waals surface area contributed by atoms with Crippen LogP contribution in [0.1, 0.15) is 30.9 Å². The van der Waals surface area contributed by atoms with Crippen molar-refractivity contribution in [1.29, 1.82) is 0 Å². The predicted molar refractivity (Wildman–Crippen MR) is 48.6 cm³/mol. The zero-order valence-electron chi connectivity index (χ0n) is 7.35. The molecule has 0 N–H and O–H groups in total. The molecule has 0 fully saturated rings. The molecule has 0 heterocycles. The molecule has 0 aliphatic heterocycles. The Balaban J connectivity index is 2.56. The Hall–Kier alpha value is -0.780. The topological polar surface area (TPSA) is 0 Å². The fourth-order valence-electron chi connectivity index (χ4n) is 1.18. The molecule has 0 saturated carbocycles. The average Bonchev–Trinajstić information content (AvgIpc) is 2.01. The van der Waals surface area contributed by atoms with Crippen LogP contribution in [-0.4, -0.2) is 0 Å². The smallest absolute Gasteiger partial charge is 0.0152 e. The maximum Gasteiger partial charge on any atom is -0.0152 e. The first-order valence-electron chi connectivity index (χ1n) is 4.30. The molecular weight excluding hydrogens is 132 g/mol. The Morgan fingerprint density at radius 3 is 2.91 bits per heavy atom. The van der Waals surface area contributed by atoms with Gasteiger partial charge in [0.2, 0.25) is 0 Å². The number of benzene rings is 1. The Morgan fingerprint density at radius 1 is 1.45 bits per heavy atom. The van der Waals surface area contributed by atoms with Crippen LogP contribution in [0.3, 0.4) is 0 Å². The lowest BCUT2D eigenvalue weighted by atomic mass is 10.1. The van der Waals surface area contributed by atoms with Crippen molar-refractivity contribution in [1.82, 2.24) is 0 Å². The van der Waals surface area contributed by atoms with E-state index in [0.717, 1.165) is 0 Å². The van der Waals surface area contributed by atoms with Gasteiger partial charge in [-0.1, -0.05) is 31.5 Å². The van der Waals surface area contributed by atoms with Crippen LogP contribution in [0.2, 0.25) is 0 Å². The molecule has 1 aromatic rings. The van der Waals surface area contributed by atoms with Crippen molar-refractivity contribution in [2.24, 2.45) is 0 Å². The molecule has 0 aliphatic rings. The van der Waals surface area contributed by atoms with Crippen molar-refractivity contribution in [3.8, 4) is 0 Å². The summed E-state index contributed by atoms with van der Waals surface area (Å²) in [5.74, 6) is 0. The maximum atomic E-state index is 3.15. The van der Waals surface area contributed by atoms with Crippen LogP contribution in [0.4, 0.5) is 0 Å². The molecule has 0 amide bonds. The van der Waals surface area contributed by atoms with Gasteiger partial charge in [0.15, 0.2) is 0 Å². The van der Waals surface area contributed by atoms with Crippen molar-refractivity contribution >= 4 is 0 Å². The van der Waals surface area contributed by atoms with Crippen LogP contribution in [0.5, 0.6) is 0 Å². The summed E-state index contributed by atoms with van der Waals surface area (Å²) >= 11 is 0. The fraction of sp³-hybridized carbons (Fsp3) is 0.455. The van der Waals surface area contributed by atoms with E-state index in [-0.39, 0.29) is 0 Å². The molecule has 0 nitrogen and oxygen atoms in total. The molecule has 1 aromatic carbocycles. The molecule has 0 bridgehead atoms. The van der Waals surface area contributed by atoms with Gasteiger partial charge >= 0.3 is 0 Å². The zero-order chi connectivity index (χ0) is 8.10. The van der Waals surface area contributed by atoms with Gasteiger partial charge in [-0.05, 0) is 37.0 Å². The van der Waals surface area contributed by atoms with E-state index in [0.29, 0.717) is 0 Å². The van der Waals surface area contributed by atoms with E-state index in [1.807, 2.05) is 6.07 Å². The lowest BCUT2D eigenvalue weighted by Crippen LogP contribution is -1.84. The molecule has 0 aromatic heterocycles. The first-order valence-corrected chi connectivity index (χ1v) is 4.30. The molecule has 11 heavy (non-hydrogen) atoms. The van der Waals surface area contributed by atoms with Gasteiger partial charge in [-0.15, -0.1) is 0 Å². The number of rotatable bonds is 3. The molecular formula is C11H15. The maximum absolute atomic E-state index is 3.15. The van der Waals surface area contributed by atoms with E-state index in [1.165, 1.54) is 30.4 Å². The minimum atomic E-state index is 1.21. The first kappa shape index (κ1) is 8.32. The second kappa shape index (κ2) is 4.17. The van der Waals surface area contributed by atoms with Gasteiger partial charge in [0.25, 0.3) is 0 Å². The highest BCUT2D eigenvalue weighted by Gasteiger charge is 1.91. The summed E-state index contributed by atoms with van der Waals surface area (Å²) in [6.45, 7) is 4.32. The van der Waals surface area contributed by atoms with E-state index in [2.05, 4.69) is 32.0 Å². The number of unbranched alkanes of at least 4 members (excludes halogenated alkanes) is 1. The molecule has 0 aliphatic carbocycles. The first-order chi connectivity index (χ1) is 5.33. The molecule has 0 heteroatoms. The largest absolute Gasteiger partial charge is 0.0654 e. The molecule has 0 atom stereocenters. The van der Waals surface area contributed by atoms with Crippen LogP contribution in [0, 0.1) is 13.0 Å². The lowest BCUT2D eigenvalue weighted by Gasteiger charge is -1.99. The van der Waals surface area contributed by atoms with E-state index >= 15 is 0 Å². The third-order valence-corrected chi connectivity index (χ3v) is 1.83. The van der Waals surface area contributed by atoms with Crippen LogP contribution < -0.4 is 0 Å². The summed E-state index contributed by atoms with van der Waals surface area (Å²) in [5, 5.41) is 0. The summed E-state index contributed by atoms with van der Waals surface area (Å²) in [5.41, 5.74) is 2.70. The SMILES string of the molecule is CCCCc1cc[c]c(C)c1. The number of hydrogen-bond acceptors (Lipinski definition) is 0. The molecule has 1 radical (unpaired) electrons. The van der Waals surface area contributed by atoms with Crippen molar-refractivity contribution in [3.05, 3.63) is 35.4 Å². The monoisotopic (exact) mass is 147 g/mol. The quantitative estimate of drug-likeness (QED) is 0.616. The zero-order valence-corrected chi connectivity index (χ0v) is 7.35. The van der Waals surface area contributed by atoms with E-state index in [9.17, 15) is 0 Å². The van der Waals surface area contributed by atoms with Crippen LogP contribution in [0.15, 0.2) is 18.2 Å². The Labute approximate surface area is 69.3 Å². The third-order valence-electron chi connectivity index (χ3n) is 1.83. The van der Waals surface area contributed by atoms with Crippen molar-refractivity contribution in [3.63, 3.8) is 0 Å². The van der Waals surface area contributed by atoms with E-state index in [4.69, 9.17) is 0 Å². The van der Waals surface area contributed by atoms with Crippen LogP contribution in [0.25, 0.3) is 0 Å². The van der Waals surface area contributed by atoms with Gasteiger partial charge in [0.1, 0.15) is 0 Å². The molecule has 0 saturated heterocycles. The van der Waals surface area contributed by atoms with Crippen LogP contribution in [-0.2, 0) is 6.42 Å². The van der Waals surface area contributed by atoms with Gasteiger partial charge in [0.05, 0.1) is 0 Å². The van der Waals surface area contributed by atoms with Gasteiger partial charge < -0.3 is 0 Å². The molecule has 0 unspecified atom stereocenters. The highest BCUT2D eigenvalue weighted by atomic mass is 14.0. The highest BCUT2D eigenvalue weighted by Crippen LogP contribution is 2.06. The highest BCUT2D eigenvalue weighted by molar-refractivity contribution is 5.20. The summed E-state index contributed by atoms with van der Waals surface area (Å²) in [6, 6.07) is 9.54. The third kappa shape index (κ3) is 2.75. The predicted octanol–water partition coefficient (Wildman–Crippen LogP) is 3.14. The summed E-state index contributed by atoms with van der Waals surface area (Å²) in [4.78, 5) is 0. The van der Waals surface area contributed by atoms with Crippen molar-refractivity contribution in [2.45, 2.75) is 33.1 Å². The van der Waals surface area contributed by atoms with Gasteiger partial charge in [-0.25, -0.2) is 0 Å². The van der Waals surface area contributed by atoms with Crippen molar-refractivity contribution < 1.29 is 0 Å². The summed E-state index contributed by atoms with van der Waals surface area (Å²) in [6.07, 6.45) is 3.78. The summed E-state index contributed by atoms with van der Waals surface area (Å²) < 4.78 is 0. The minimum absolute atomic E-state index is 1.21. The van der Waals surface area contributed by atoms with E-state index < -0.39 is 0 Å². The Kier molecular flexibility index (Phi) is 3.15. The fourth-order valence-corrected chi connectivity index (χ4v) is 1.18. The van der Waals surface area contributed by atoms with Gasteiger partial charge in [0, 0.05) is 0 Å².